The number of hydrogen-bond donors (Lipinski definition) is 6. The van der Waals surface area contributed by atoms with Gasteiger partial charge in [0.1, 0.15) is 17.9 Å². The van der Waals surface area contributed by atoms with Crippen LogP contribution >= 0.6 is 23.5 Å². The Morgan fingerprint density at radius 1 is 0.532 bits per heavy atom. The second kappa shape index (κ2) is 28.2. The SMILES string of the molecule is CC(C)[C@@H](NC(=O)[C@@H](CSC(c1ccccc1)(c1ccccc1)c1ccccc1)NC(=O)[C@@H](Cc1ccc(F)cc1)NC(=O)C[C@H](O)C=CCCSC(c1ccccc1)(c1ccccc1)c1ccccc1)[C@@H](O)CC(=O)O. The first-order chi connectivity index (χ1) is 37.3. The maximum Gasteiger partial charge on any atom is 0.306 e. The predicted molar refractivity (Wildman–Crippen MR) is 307 cm³/mol. The van der Waals surface area contributed by atoms with Crippen molar-refractivity contribution in [2.45, 2.75) is 79.4 Å². The van der Waals surface area contributed by atoms with E-state index in [1.807, 2.05) is 152 Å². The molecule has 3 amide bonds. The van der Waals surface area contributed by atoms with Gasteiger partial charge in [-0.05, 0) is 69.2 Å². The molecule has 398 valence electrons. The number of carboxylic acid groups (broad SMARTS) is 1. The normalized spacial score (nSPS) is 13.7. The fourth-order valence-electron chi connectivity index (χ4n) is 9.59. The summed E-state index contributed by atoms with van der Waals surface area (Å²) in [6.07, 6.45) is 0.221. The summed E-state index contributed by atoms with van der Waals surface area (Å²) in [7, 11) is 0. The van der Waals surface area contributed by atoms with E-state index in [1.54, 1.807) is 31.7 Å². The lowest BCUT2D eigenvalue weighted by atomic mass is 9.84. The minimum atomic E-state index is -1.45. The predicted octanol–water partition coefficient (Wildman–Crippen LogP) is 10.5. The molecule has 13 heteroatoms. The van der Waals surface area contributed by atoms with Crippen LogP contribution in [0, 0.1) is 11.7 Å². The molecular formula is C64H66FN3O7S2. The van der Waals surface area contributed by atoms with E-state index in [0.29, 0.717) is 17.7 Å². The third-order valence-corrected chi connectivity index (χ3v) is 16.6. The molecule has 0 aliphatic carbocycles. The molecule has 0 saturated carbocycles. The van der Waals surface area contributed by atoms with Gasteiger partial charge in [0.25, 0.3) is 0 Å². The van der Waals surface area contributed by atoms with Crippen molar-refractivity contribution >= 4 is 47.2 Å². The summed E-state index contributed by atoms with van der Waals surface area (Å²) in [6, 6.07) is 62.3. The lowest BCUT2D eigenvalue weighted by Gasteiger charge is -2.37. The van der Waals surface area contributed by atoms with Crippen LogP contribution in [0.1, 0.15) is 72.1 Å². The van der Waals surface area contributed by atoms with Crippen LogP contribution in [0.25, 0.3) is 0 Å². The zero-order valence-corrected chi connectivity index (χ0v) is 44.8. The van der Waals surface area contributed by atoms with Gasteiger partial charge in [0.05, 0.1) is 40.6 Å². The third-order valence-electron chi connectivity index (χ3n) is 13.4. The fraction of sp³-hybridized carbons (Fsp3) is 0.250. The molecule has 0 unspecified atom stereocenters. The first-order valence-corrected chi connectivity index (χ1v) is 27.8. The van der Waals surface area contributed by atoms with Crippen LogP contribution in [0.3, 0.4) is 0 Å². The van der Waals surface area contributed by atoms with Gasteiger partial charge in [0.2, 0.25) is 17.7 Å². The van der Waals surface area contributed by atoms with Crippen LogP contribution < -0.4 is 16.0 Å². The van der Waals surface area contributed by atoms with Crippen molar-refractivity contribution in [2.75, 3.05) is 11.5 Å². The number of aliphatic hydroxyl groups is 2. The van der Waals surface area contributed by atoms with E-state index in [0.717, 1.165) is 33.4 Å². The smallest absolute Gasteiger partial charge is 0.306 e. The minimum absolute atomic E-state index is 0.0434. The standard InChI is InChI=1S/C64H66FN3O7S2/c1-45(2)60(57(70)43-59(72)73)68-62(75)56(44-77-64(50-29-15-6-16-30-50,51-31-17-7-18-32-51)52-33-19-8-20-34-52)67-61(74)55(41-46-36-38-53(65)39-37-46)66-58(71)42-54(69)35-21-22-40-76-63(47-23-9-3-10-24-47,48-25-11-4-12-26-48)49-27-13-5-14-28-49/h3-21,23-39,45,54-57,60,69-70H,22,40-44H2,1-2H3,(H,66,71)(H,67,74)(H,68,75)(H,72,73)/t54-,55-,56-,57+,60-/m1/s1. The van der Waals surface area contributed by atoms with Crippen molar-refractivity contribution in [3.8, 4) is 0 Å². The summed E-state index contributed by atoms with van der Waals surface area (Å²) in [6.45, 7) is 3.49. The lowest BCUT2D eigenvalue weighted by Crippen LogP contribution is -2.58. The number of carboxylic acids is 1. The number of aliphatic hydroxyl groups excluding tert-OH is 2. The molecule has 0 saturated heterocycles. The van der Waals surface area contributed by atoms with Crippen LogP contribution in [0.2, 0.25) is 0 Å². The van der Waals surface area contributed by atoms with Gasteiger partial charge in [0.15, 0.2) is 0 Å². The molecular weight excluding hydrogens is 1010 g/mol. The van der Waals surface area contributed by atoms with Gasteiger partial charge in [-0.1, -0.05) is 220 Å². The van der Waals surface area contributed by atoms with Crippen molar-refractivity contribution in [2.24, 2.45) is 5.92 Å². The van der Waals surface area contributed by atoms with Gasteiger partial charge in [-0.25, -0.2) is 4.39 Å². The van der Waals surface area contributed by atoms with E-state index in [9.17, 15) is 38.9 Å². The first-order valence-electron chi connectivity index (χ1n) is 25.8. The topological polar surface area (TPSA) is 165 Å². The first kappa shape index (κ1) is 57.4. The van der Waals surface area contributed by atoms with E-state index < -0.39 is 81.7 Å². The van der Waals surface area contributed by atoms with Crippen LogP contribution in [0.4, 0.5) is 4.39 Å². The van der Waals surface area contributed by atoms with Crippen molar-refractivity contribution in [3.05, 3.63) is 263 Å². The van der Waals surface area contributed by atoms with Crippen LogP contribution in [-0.4, -0.2) is 80.8 Å². The maximum absolute atomic E-state index is 14.8. The molecule has 0 radical (unpaired) electrons. The second-order valence-corrected chi connectivity index (χ2v) is 21.7. The van der Waals surface area contributed by atoms with E-state index in [2.05, 4.69) is 52.3 Å². The van der Waals surface area contributed by atoms with Crippen molar-refractivity contribution in [1.82, 2.24) is 16.0 Å². The number of thioether (sulfide) groups is 2. The molecule has 0 aromatic heterocycles. The molecule has 77 heavy (non-hydrogen) atoms. The molecule has 0 spiro atoms. The number of carbonyl (C=O) groups is 4. The molecule has 7 aromatic carbocycles. The van der Waals surface area contributed by atoms with Gasteiger partial charge < -0.3 is 31.3 Å². The van der Waals surface area contributed by atoms with E-state index >= 15 is 0 Å². The number of hydrogen-bond acceptors (Lipinski definition) is 8. The third kappa shape index (κ3) is 15.2. The molecule has 6 N–H and O–H groups in total. The van der Waals surface area contributed by atoms with Gasteiger partial charge in [0, 0.05) is 12.2 Å². The average Bonchev–Trinajstić information content (AvgIpc) is 3.46. The number of amides is 3. The summed E-state index contributed by atoms with van der Waals surface area (Å²) < 4.78 is 12.7. The Labute approximate surface area is 459 Å². The fourth-order valence-corrected chi connectivity index (χ4v) is 12.6. The molecule has 0 bridgehead atoms. The minimum Gasteiger partial charge on any atom is -0.481 e. The molecule has 0 aliphatic rings. The van der Waals surface area contributed by atoms with Gasteiger partial charge in [-0.15, -0.1) is 23.5 Å². The largest absolute Gasteiger partial charge is 0.481 e. The van der Waals surface area contributed by atoms with Crippen LogP contribution in [0.15, 0.2) is 218 Å². The lowest BCUT2D eigenvalue weighted by molar-refractivity contribution is -0.140. The number of nitrogens with one attached hydrogen (secondary N) is 3. The quantitative estimate of drug-likeness (QED) is 0.0167. The molecule has 10 nitrogen and oxygen atoms in total. The monoisotopic (exact) mass is 1070 g/mol. The van der Waals surface area contributed by atoms with Crippen molar-refractivity contribution in [3.63, 3.8) is 0 Å². The zero-order chi connectivity index (χ0) is 54.6. The zero-order valence-electron chi connectivity index (χ0n) is 43.2. The number of allylic oxidation sites excluding steroid dienone is 1. The van der Waals surface area contributed by atoms with E-state index in [4.69, 9.17) is 0 Å². The maximum atomic E-state index is 14.8. The number of rotatable bonds is 27. The summed E-state index contributed by atoms with van der Waals surface area (Å²) in [4.78, 5) is 55.2. The molecule has 7 rings (SSSR count). The number of benzene rings is 7. The van der Waals surface area contributed by atoms with Crippen molar-refractivity contribution in [1.29, 1.82) is 0 Å². The number of halogens is 1. The highest BCUT2D eigenvalue weighted by atomic mass is 32.2. The Bertz CT molecular complexity index is 2780. The summed E-state index contributed by atoms with van der Waals surface area (Å²) in [5, 5.41) is 40.5. The van der Waals surface area contributed by atoms with E-state index in [-0.39, 0.29) is 18.6 Å². The molecule has 7 aromatic rings. The second-order valence-electron chi connectivity index (χ2n) is 19.2. The molecule has 0 fully saturated rings. The Kier molecular flexibility index (Phi) is 21.0. The summed E-state index contributed by atoms with van der Waals surface area (Å²) in [5.74, 6) is -3.59. The van der Waals surface area contributed by atoms with Crippen molar-refractivity contribution < 1.29 is 38.9 Å². The Morgan fingerprint density at radius 2 is 0.935 bits per heavy atom. The van der Waals surface area contributed by atoms with Gasteiger partial charge >= 0.3 is 5.97 Å². The highest BCUT2D eigenvalue weighted by Crippen LogP contribution is 2.50. The number of aliphatic carboxylic acids is 1. The van der Waals surface area contributed by atoms with Gasteiger partial charge in [-0.3, -0.25) is 19.2 Å². The number of carbonyl (C=O) groups excluding carboxylic acids is 3. The molecule has 5 atom stereocenters. The summed E-state index contributed by atoms with van der Waals surface area (Å²) in [5.41, 5.74) is 6.60. The molecule has 0 aliphatic heterocycles. The highest BCUT2D eigenvalue weighted by Gasteiger charge is 2.40. The average molecular weight is 1070 g/mol. The highest BCUT2D eigenvalue weighted by molar-refractivity contribution is 8.00. The molecule has 0 heterocycles. The Morgan fingerprint density at radius 3 is 1.34 bits per heavy atom. The van der Waals surface area contributed by atoms with E-state index in [1.165, 1.54) is 36.0 Å². The van der Waals surface area contributed by atoms with Crippen LogP contribution in [0.5, 0.6) is 0 Å². The Hall–Kier alpha value is -7.29. The Balaban J connectivity index is 1.13. The van der Waals surface area contributed by atoms with Gasteiger partial charge in [-0.2, -0.15) is 0 Å². The summed E-state index contributed by atoms with van der Waals surface area (Å²) >= 11 is 3.18. The van der Waals surface area contributed by atoms with Crippen LogP contribution in [-0.2, 0) is 35.1 Å².